The summed E-state index contributed by atoms with van der Waals surface area (Å²) in [4.78, 5) is 33.7. The Kier molecular flexibility index (Phi) is 4.20. The molecule has 22 heavy (non-hydrogen) atoms. The first kappa shape index (κ1) is 14.7. The zero-order chi connectivity index (χ0) is 15.5. The molecule has 2 aromatic rings. The van der Waals surface area contributed by atoms with Crippen LogP contribution in [0.15, 0.2) is 23.0 Å². The van der Waals surface area contributed by atoms with Gasteiger partial charge in [-0.3, -0.25) is 9.69 Å². The molecule has 116 valence electrons. The van der Waals surface area contributed by atoms with Crippen molar-refractivity contribution in [1.29, 1.82) is 0 Å². The third kappa shape index (κ3) is 2.87. The topological polar surface area (TPSA) is 75.3 Å². The number of nitrogens with zero attached hydrogens (tertiary/aromatic N) is 2. The highest BCUT2D eigenvalue weighted by atomic mass is 16.5. The van der Waals surface area contributed by atoms with Gasteiger partial charge in [-0.1, -0.05) is 12.5 Å². The zero-order valence-electron chi connectivity index (χ0n) is 12.6. The standard InChI is InChI=1S/C16H19N3O3/c1-22-16(21)11-6-5-7-12-14(11)15(20)18-13(17-12)10-19-8-3-2-4-9-19/h5-7H,2-4,8-10H2,1H3,(H,17,18,20). The van der Waals surface area contributed by atoms with Gasteiger partial charge in [-0.05, 0) is 38.1 Å². The quantitative estimate of drug-likeness (QED) is 0.873. The number of carbonyl (C=O) groups is 1. The molecule has 0 atom stereocenters. The van der Waals surface area contributed by atoms with E-state index in [1.165, 1.54) is 26.4 Å². The lowest BCUT2D eigenvalue weighted by molar-refractivity contribution is 0.0603. The summed E-state index contributed by atoms with van der Waals surface area (Å²) < 4.78 is 4.72. The molecule has 1 saturated heterocycles. The van der Waals surface area contributed by atoms with Gasteiger partial charge in [-0.15, -0.1) is 0 Å². The van der Waals surface area contributed by atoms with E-state index in [1.807, 2.05) is 0 Å². The van der Waals surface area contributed by atoms with E-state index in [4.69, 9.17) is 4.74 Å². The van der Waals surface area contributed by atoms with Crippen LogP contribution in [0, 0.1) is 0 Å². The van der Waals surface area contributed by atoms with E-state index in [9.17, 15) is 9.59 Å². The maximum atomic E-state index is 12.4. The van der Waals surface area contributed by atoms with Crippen LogP contribution in [0.4, 0.5) is 0 Å². The van der Waals surface area contributed by atoms with Crippen LogP contribution < -0.4 is 5.56 Å². The number of piperidine rings is 1. The SMILES string of the molecule is COC(=O)c1cccc2nc(CN3CCCCC3)[nH]c(=O)c12. The molecule has 6 heteroatoms. The van der Waals surface area contributed by atoms with E-state index in [0.717, 1.165) is 13.1 Å². The van der Waals surface area contributed by atoms with Crippen LogP contribution in [0.1, 0.15) is 35.4 Å². The van der Waals surface area contributed by atoms with Crippen molar-refractivity contribution in [3.8, 4) is 0 Å². The summed E-state index contributed by atoms with van der Waals surface area (Å²) in [7, 11) is 1.30. The predicted molar refractivity (Wildman–Crippen MR) is 82.8 cm³/mol. The first-order valence-electron chi connectivity index (χ1n) is 7.51. The van der Waals surface area contributed by atoms with Crippen LogP contribution in [0.5, 0.6) is 0 Å². The first-order valence-corrected chi connectivity index (χ1v) is 7.51. The highest BCUT2D eigenvalue weighted by Gasteiger charge is 2.16. The summed E-state index contributed by atoms with van der Waals surface area (Å²) in [5, 5.41) is 0.289. The van der Waals surface area contributed by atoms with Crippen molar-refractivity contribution in [3.05, 3.63) is 39.9 Å². The Morgan fingerprint density at radius 2 is 2.09 bits per heavy atom. The number of H-pyrrole nitrogens is 1. The third-order valence-corrected chi connectivity index (χ3v) is 4.01. The van der Waals surface area contributed by atoms with Crippen molar-refractivity contribution < 1.29 is 9.53 Å². The minimum absolute atomic E-state index is 0.248. The molecule has 1 fully saturated rings. The molecule has 1 aliphatic heterocycles. The second-order valence-electron chi connectivity index (χ2n) is 5.54. The van der Waals surface area contributed by atoms with Gasteiger partial charge >= 0.3 is 5.97 Å². The van der Waals surface area contributed by atoms with Gasteiger partial charge in [0.2, 0.25) is 0 Å². The van der Waals surface area contributed by atoms with Crippen molar-refractivity contribution in [2.45, 2.75) is 25.8 Å². The Morgan fingerprint density at radius 1 is 1.32 bits per heavy atom. The Morgan fingerprint density at radius 3 is 2.82 bits per heavy atom. The Balaban J connectivity index is 1.98. The molecule has 0 radical (unpaired) electrons. The summed E-state index contributed by atoms with van der Waals surface area (Å²) in [6.07, 6.45) is 3.63. The molecule has 2 heterocycles. The number of carbonyl (C=O) groups excluding carboxylic acids is 1. The number of ether oxygens (including phenoxy) is 1. The fourth-order valence-corrected chi connectivity index (χ4v) is 2.92. The average Bonchev–Trinajstić information content (AvgIpc) is 2.54. The highest BCUT2D eigenvalue weighted by Crippen LogP contribution is 2.15. The second kappa shape index (κ2) is 6.27. The van der Waals surface area contributed by atoms with Crippen LogP contribution in [-0.4, -0.2) is 41.0 Å². The van der Waals surface area contributed by atoms with E-state index >= 15 is 0 Å². The monoisotopic (exact) mass is 301 g/mol. The Bertz CT molecular complexity index is 748. The van der Waals surface area contributed by atoms with Gasteiger partial charge < -0.3 is 9.72 Å². The lowest BCUT2D eigenvalue weighted by Crippen LogP contribution is -2.31. The number of aromatic nitrogens is 2. The lowest BCUT2D eigenvalue weighted by atomic mass is 10.1. The van der Waals surface area contributed by atoms with Gasteiger partial charge in [-0.2, -0.15) is 0 Å². The van der Waals surface area contributed by atoms with Crippen LogP contribution in [0.3, 0.4) is 0 Å². The number of nitrogens with one attached hydrogen (secondary N) is 1. The zero-order valence-corrected chi connectivity index (χ0v) is 12.6. The molecule has 1 aromatic heterocycles. The summed E-state index contributed by atoms with van der Waals surface area (Å²) in [5.41, 5.74) is 0.481. The average molecular weight is 301 g/mol. The number of hydrogen-bond acceptors (Lipinski definition) is 5. The van der Waals surface area contributed by atoms with Crippen LogP contribution in [0.2, 0.25) is 0 Å². The van der Waals surface area contributed by atoms with E-state index < -0.39 is 5.97 Å². The minimum atomic E-state index is -0.526. The fraction of sp³-hybridized carbons (Fsp3) is 0.438. The number of fused-ring (bicyclic) bond motifs is 1. The van der Waals surface area contributed by atoms with E-state index in [1.54, 1.807) is 18.2 Å². The van der Waals surface area contributed by atoms with Gasteiger partial charge in [0.1, 0.15) is 5.82 Å². The molecule has 3 rings (SSSR count). The number of rotatable bonds is 3. The molecular formula is C16H19N3O3. The molecule has 0 aliphatic carbocycles. The van der Waals surface area contributed by atoms with Gasteiger partial charge in [0.15, 0.2) is 0 Å². The predicted octanol–water partition coefficient (Wildman–Crippen LogP) is 1.70. The molecule has 1 aliphatic rings. The number of benzene rings is 1. The van der Waals surface area contributed by atoms with Crippen molar-refractivity contribution >= 4 is 16.9 Å². The van der Waals surface area contributed by atoms with E-state index in [2.05, 4.69) is 14.9 Å². The molecule has 0 spiro atoms. The molecular weight excluding hydrogens is 282 g/mol. The van der Waals surface area contributed by atoms with Crippen molar-refractivity contribution in [2.75, 3.05) is 20.2 Å². The summed E-state index contributed by atoms with van der Waals surface area (Å²) >= 11 is 0. The maximum absolute atomic E-state index is 12.4. The summed E-state index contributed by atoms with van der Waals surface area (Å²) in [6, 6.07) is 5.04. The fourth-order valence-electron chi connectivity index (χ4n) is 2.92. The van der Waals surface area contributed by atoms with Gasteiger partial charge in [-0.25, -0.2) is 9.78 Å². The Labute approximate surface area is 128 Å². The molecule has 0 unspecified atom stereocenters. The van der Waals surface area contributed by atoms with Crippen molar-refractivity contribution in [1.82, 2.24) is 14.9 Å². The minimum Gasteiger partial charge on any atom is -0.465 e. The second-order valence-corrected chi connectivity index (χ2v) is 5.54. The van der Waals surface area contributed by atoms with Gasteiger partial charge in [0.25, 0.3) is 5.56 Å². The van der Waals surface area contributed by atoms with Crippen LogP contribution >= 0.6 is 0 Å². The largest absolute Gasteiger partial charge is 0.465 e. The number of methoxy groups -OCH3 is 1. The molecule has 1 N–H and O–H groups in total. The summed E-state index contributed by atoms with van der Waals surface area (Å²) in [5.74, 6) is 0.114. The van der Waals surface area contributed by atoms with Gasteiger partial charge in [0, 0.05) is 0 Å². The molecule has 6 nitrogen and oxygen atoms in total. The van der Waals surface area contributed by atoms with E-state index in [0.29, 0.717) is 17.9 Å². The lowest BCUT2D eigenvalue weighted by Gasteiger charge is -2.25. The molecule has 0 amide bonds. The summed E-state index contributed by atoms with van der Waals surface area (Å²) in [6.45, 7) is 2.70. The molecule has 1 aromatic carbocycles. The number of esters is 1. The number of aromatic amines is 1. The normalized spacial score (nSPS) is 15.9. The van der Waals surface area contributed by atoms with Gasteiger partial charge in [0.05, 0.1) is 30.1 Å². The maximum Gasteiger partial charge on any atom is 0.338 e. The van der Waals surface area contributed by atoms with Crippen LogP contribution in [0.25, 0.3) is 10.9 Å². The number of likely N-dealkylation sites (tertiary alicyclic amines) is 1. The highest BCUT2D eigenvalue weighted by molar-refractivity contribution is 6.02. The van der Waals surface area contributed by atoms with E-state index in [-0.39, 0.29) is 16.5 Å². The molecule has 0 saturated carbocycles. The van der Waals surface area contributed by atoms with Crippen molar-refractivity contribution in [3.63, 3.8) is 0 Å². The van der Waals surface area contributed by atoms with Crippen LogP contribution in [-0.2, 0) is 11.3 Å². The Hall–Kier alpha value is -2.21. The molecule has 0 bridgehead atoms. The third-order valence-electron chi connectivity index (χ3n) is 4.01. The smallest absolute Gasteiger partial charge is 0.338 e. The first-order chi connectivity index (χ1) is 10.7. The number of hydrogen-bond donors (Lipinski definition) is 1. The van der Waals surface area contributed by atoms with Crippen molar-refractivity contribution in [2.24, 2.45) is 0 Å².